The molecule has 2 fully saturated rings. The Bertz CT molecular complexity index is 264. The second-order valence-corrected chi connectivity index (χ2v) is 5.47. The van der Waals surface area contributed by atoms with Crippen molar-refractivity contribution in [1.29, 1.82) is 0 Å². The molecule has 0 bridgehead atoms. The molecule has 0 aliphatic carbocycles. The van der Waals surface area contributed by atoms with Gasteiger partial charge in [-0.05, 0) is 32.1 Å². The Hall–Kier alpha value is -0.610. The molecule has 0 spiro atoms. The van der Waals surface area contributed by atoms with Crippen LogP contribution in [0.1, 0.15) is 51.4 Å². The smallest absolute Gasteiger partial charge is 0.225 e. The number of carbonyl (C=O) groups excluding carboxylic acids is 1. The summed E-state index contributed by atoms with van der Waals surface area (Å²) in [6, 6.07) is 0.0311. The Morgan fingerprint density at radius 1 is 1.17 bits per heavy atom. The van der Waals surface area contributed by atoms with E-state index in [9.17, 15) is 9.90 Å². The van der Waals surface area contributed by atoms with Crippen LogP contribution >= 0.6 is 0 Å². The van der Waals surface area contributed by atoms with Gasteiger partial charge in [-0.25, -0.2) is 0 Å². The number of rotatable bonds is 3. The molecule has 104 valence electrons. The van der Waals surface area contributed by atoms with Crippen LogP contribution in [-0.4, -0.2) is 47.8 Å². The van der Waals surface area contributed by atoms with E-state index in [1.165, 1.54) is 12.8 Å². The second kappa shape index (κ2) is 7.10. The zero-order valence-electron chi connectivity index (χ0n) is 11.1. The number of carbonyl (C=O) groups is 1. The minimum absolute atomic E-state index is 0.0311. The fourth-order valence-corrected chi connectivity index (χ4v) is 2.98. The molecule has 2 saturated heterocycles. The highest BCUT2D eigenvalue weighted by Crippen LogP contribution is 2.21. The molecule has 2 aliphatic heterocycles. The van der Waals surface area contributed by atoms with Crippen molar-refractivity contribution in [2.75, 3.05) is 19.8 Å². The van der Waals surface area contributed by atoms with Crippen molar-refractivity contribution in [1.82, 2.24) is 4.90 Å². The number of aliphatic hydroxyl groups is 1. The Labute approximate surface area is 109 Å². The summed E-state index contributed by atoms with van der Waals surface area (Å²) in [6.07, 6.45) is 8.18. The van der Waals surface area contributed by atoms with E-state index in [4.69, 9.17) is 4.74 Å². The standard InChI is InChI=1S/C14H25NO3/c16-11-12-6-2-1-4-8-15(12)14(17)10-13-7-3-5-9-18-13/h12-13,16H,1-11H2. The first-order valence-electron chi connectivity index (χ1n) is 7.33. The summed E-state index contributed by atoms with van der Waals surface area (Å²) in [6.45, 7) is 1.69. The average molecular weight is 255 g/mol. The predicted octanol–water partition coefficient (Wildman–Crippen LogP) is 1.71. The number of hydrogen-bond acceptors (Lipinski definition) is 3. The van der Waals surface area contributed by atoms with E-state index in [2.05, 4.69) is 0 Å². The number of nitrogens with zero attached hydrogens (tertiary/aromatic N) is 1. The summed E-state index contributed by atoms with van der Waals surface area (Å²) in [5.41, 5.74) is 0. The first kappa shape index (κ1) is 13.8. The van der Waals surface area contributed by atoms with Gasteiger partial charge in [0.15, 0.2) is 0 Å². The Morgan fingerprint density at radius 2 is 2.00 bits per heavy atom. The van der Waals surface area contributed by atoms with Gasteiger partial charge in [-0.2, -0.15) is 0 Å². The summed E-state index contributed by atoms with van der Waals surface area (Å²) in [4.78, 5) is 14.2. The SMILES string of the molecule is O=C(CC1CCCCO1)N1CCCCCC1CO. The van der Waals surface area contributed by atoms with Crippen molar-refractivity contribution >= 4 is 5.91 Å². The minimum atomic E-state index is 0.0311. The van der Waals surface area contributed by atoms with Crippen molar-refractivity contribution < 1.29 is 14.6 Å². The quantitative estimate of drug-likeness (QED) is 0.835. The summed E-state index contributed by atoms with van der Waals surface area (Å²) in [7, 11) is 0. The van der Waals surface area contributed by atoms with E-state index < -0.39 is 0 Å². The third-order valence-corrected chi connectivity index (χ3v) is 4.08. The molecule has 2 heterocycles. The first-order valence-corrected chi connectivity index (χ1v) is 7.33. The zero-order chi connectivity index (χ0) is 12.8. The van der Waals surface area contributed by atoms with Crippen molar-refractivity contribution in [2.45, 2.75) is 63.5 Å². The second-order valence-electron chi connectivity index (χ2n) is 5.47. The third-order valence-electron chi connectivity index (χ3n) is 4.08. The monoisotopic (exact) mass is 255 g/mol. The number of ether oxygens (including phenoxy) is 1. The highest BCUT2D eigenvalue weighted by Gasteiger charge is 2.27. The van der Waals surface area contributed by atoms with E-state index in [0.717, 1.165) is 45.3 Å². The molecule has 4 nitrogen and oxygen atoms in total. The summed E-state index contributed by atoms with van der Waals surface area (Å²) in [5, 5.41) is 9.42. The van der Waals surface area contributed by atoms with Crippen LogP contribution < -0.4 is 0 Å². The molecule has 1 amide bonds. The van der Waals surface area contributed by atoms with Crippen LogP contribution in [0.5, 0.6) is 0 Å². The van der Waals surface area contributed by atoms with Gasteiger partial charge in [0.1, 0.15) is 0 Å². The fraction of sp³-hybridized carbons (Fsp3) is 0.929. The molecule has 2 rings (SSSR count). The van der Waals surface area contributed by atoms with Gasteiger partial charge in [0.05, 0.1) is 25.2 Å². The lowest BCUT2D eigenvalue weighted by molar-refractivity contribution is -0.138. The van der Waals surface area contributed by atoms with Crippen LogP contribution in [0.4, 0.5) is 0 Å². The molecule has 4 heteroatoms. The third kappa shape index (κ3) is 3.69. The van der Waals surface area contributed by atoms with Crippen molar-refractivity contribution in [2.24, 2.45) is 0 Å². The normalized spacial score (nSPS) is 29.9. The van der Waals surface area contributed by atoms with Crippen molar-refractivity contribution in [3.05, 3.63) is 0 Å². The topological polar surface area (TPSA) is 49.8 Å². The maximum atomic E-state index is 12.3. The molecule has 1 N–H and O–H groups in total. The lowest BCUT2D eigenvalue weighted by atomic mass is 10.0. The number of amides is 1. The van der Waals surface area contributed by atoms with Gasteiger partial charge in [0, 0.05) is 13.2 Å². The molecule has 18 heavy (non-hydrogen) atoms. The summed E-state index contributed by atoms with van der Waals surface area (Å²) < 4.78 is 5.63. The number of hydrogen-bond donors (Lipinski definition) is 1. The first-order chi connectivity index (χ1) is 8.81. The molecule has 2 aliphatic rings. The highest BCUT2D eigenvalue weighted by atomic mass is 16.5. The van der Waals surface area contributed by atoms with E-state index in [0.29, 0.717) is 6.42 Å². The molecular formula is C14H25NO3. The van der Waals surface area contributed by atoms with Crippen molar-refractivity contribution in [3.63, 3.8) is 0 Å². The highest BCUT2D eigenvalue weighted by molar-refractivity contribution is 5.77. The number of likely N-dealkylation sites (tertiary alicyclic amines) is 1. The Balaban J connectivity index is 1.88. The Morgan fingerprint density at radius 3 is 2.72 bits per heavy atom. The molecule has 0 aromatic rings. The average Bonchev–Trinajstić information content (AvgIpc) is 2.64. The van der Waals surface area contributed by atoms with Crippen LogP contribution in [0.15, 0.2) is 0 Å². The molecule has 0 radical (unpaired) electrons. The van der Waals surface area contributed by atoms with Crippen LogP contribution in [0, 0.1) is 0 Å². The van der Waals surface area contributed by atoms with Crippen LogP contribution in [0.25, 0.3) is 0 Å². The van der Waals surface area contributed by atoms with Crippen LogP contribution in [0.3, 0.4) is 0 Å². The molecule has 0 saturated carbocycles. The van der Waals surface area contributed by atoms with Gasteiger partial charge in [-0.1, -0.05) is 12.8 Å². The lowest BCUT2D eigenvalue weighted by Gasteiger charge is -2.31. The van der Waals surface area contributed by atoms with E-state index in [1.807, 2.05) is 4.90 Å². The van der Waals surface area contributed by atoms with Gasteiger partial charge < -0.3 is 14.7 Å². The molecular weight excluding hydrogens is 230 g/mol. The fourth-order valence-electron chi connectivity index (χ4n) is 2.98. The van der Waals surface area contributed by atoms with Gasteiger partial charge >= 0.3 is 0 Å². The largest absolute Gasteiger partial charge is 0.394 e. The van der Waals surface area contributed by atoms with E-state index in [-0.39, 0.29) is 24.7 Å². The minimum Gasteiger partial charge on any atom is -0.394 e. The molecule has 2 unspecified atom stereocenters. The van der Waals surface area contributed by atoms with Gasteiger partial charge in [0.2, 0.25) is 5.91 Å². The lowest BCUT2D eigenvalue weighted by Crippen LogP contribution is -2.43. The van der Waals surface area contributed by atoms with Gasteiger partial charge in [-0.3, -0.25) is 4.79 Å². The number of aliphatic hydroxyl groups excluding tert-OH is 1. The maximum Gasteiger partial charge on any atom is 0.225 e. The summed E-state index contributed by atoms with van der Waals surface area (Å²) in [5.74, 6) is 0.169. The van der Waals surface area contributed by atoms with Crippen LogP contribution in [0.2, 0.25) is 0 Å². The predicted molar refractivity (Wildman–Crippen MR) is 69.3 cm³/mol. The Kier molecular flexibility index (Phi) is 5.45. The molecule has 0 aromatic carbocycles. The van der Waals surface area contributed by atoms with E-state index in [1.54, 1.807) is 0 Å². The maximum absolute atomic E-state index is 12.3. The van der Waals surface area contributed by atoms with Crippen molar-refractivity contribution in [3.8, 4) is 0 Å². The molecule has 0 aromatic heterocycles. The molecule has 2 atom stereocenters. The zero-order valence-corrected chi connectivity index (χ0v) is 11.1. The van der Waals surface area contributed by atoms with E-state index >= 15 is 0 Å². The van der Waals surface area contributed by atoms with Gasteiger partial charge in [-0.15, -0.1) is 0 Å². The summed E-state index contributed by atoms with van der Waals surface area (Å²) >= 11 is 0. The van der Waals surface area contributed by atoms with Gasteiger partial charge in [0.25, 0.3) is 0 Å². The van der Waals surface area contributed by atoms with Crippen LogP contribution in [-0.2, 0) is 9.53 Å².